The van der Waals surface area contributed by atoms with E-state index in [0.717, 1.165) is 19.1 Å². The second kappa shape index (κ2) is 6.14. The molecule has 1 heterocycles. The Kier molecular flexibility index (Phi) is 5.09. The fourth-order valence-corrected chi connectivity index (χ4v) is 2.51. The summed E-state index contributed by atoms with van der Waals surface area (Å²) in [6.07, 6.45) is 2.18. The van der Waals surface area contributed by atoms with Gasteiger partial charge in [-0.05, 0) is 18.8 Å². The van der Waals surface area contributed by atoms with Crippen molar-refractivity contribution in [3.8, 4) is 0 Å². The van der Waals surface area contributed by atoms with Crippen LogP contribution in [0.25, 0.3) is 0 Å². The molecule has 1 unspecified atom stereocenters. The molecule has 1 saturated heterocycles. The van der Waals surface area contributed by atoms with Crippen molar-refractivity contribution in [2.75, 3.05) is 25.9 Å². The zero-order valence-corrected chi connectivity index (χ0v) is 11.1. The Morgan fingerprint density at radius 1 is 1.44 bits per heavy atom. The topological polar surface area (TPSA) is 104 Å². The van der Waals surface area contributed by atoms with E-state index in [2.05, 4.69) is 4.72 Å². The van der Waals surface area contributed by atoms with Gasteiger partial charge in [0.05, 0.1) is 6.26 Å². The first-order valence-corrected chi connectivity index (χ1v) is 7.61. The van der Waals surface area contributed by atoms with Crippen LogP contribution in [-0.4, -0.2) is 56.2 Å². The van der Waals surface area contributed by atoms with Gasteiger partial charge in [-0.2, -0.15) is 0 Å². The molecule has 1 fully saturated rings. The number of aliphatic carboxylic acids is 1. The minimum atomic E-state index is -3.23. The maximum atomic E-state index is 11.6. The first kappa shape index (κ1) is 14.9. The number of carbonyl (C=O) groups is 2. The molecule has 0 aliphatic carbocycles. The number of carbonyl (C=O) groups excluding carboxylic acids is 1. The fourth-order valence-electron chi connectivity index (χ4n) is 1.97. The molecular formula is C10H18N2O5S. The molecule has 0 spiro atoms. The number of nitrogens with zero attached hydrogens (tertiary/aromatic N) is 1. The Hall–Kier alpha value is -1.15. The van der Waals surface area contributed by atoms with Crippen LogP contribution in [0.5, 0.6) is 0 Å². The van der Waals surface area contributed by atoms with Gasteiger partial charge in [0.2, 0.25) is 15.9 Å². The first-order valence-electron chi connectivity index (χ1n) is 5.72. The summed E-state index contributed by atoms with van der Waals surface area (Å²) in [4.78, 5) is 23.5. The summed E-state index contributed by atoms with van der Waals surface area (Å²) in [6.45, 7) is 1.24. The maximum absolute atomic E-state index is 11.6. The smallest absolute Gasteiger partial charge is 0.312 e. The fraction of sp³-hybridized carbons (Fsp3) is 0.800. The Morgan fingerprint density at radius 2 is 2.11 bits per heavy atom. The van der Waals surface area contributed by atoms with Gasteiger partial charge >= 0.3 is 5.97 Å². The molecule has 0 aromatic rings. The summed E-state index contributed by atoms with van der Waals surface area (Å²) in [5.41, 5.74) is 0. The highest BCUT2D eigenvalue weighted by molar-refractivity contribution is 7.88. The van der Waals surface area contributed by atoms with Crippen LogP contribution < -0.4 is 4.72 Å². The second-order valence-electron chi connectivity index (χ2n) is 4.54. The van der Waals surface area contributed by atoms with Crippen molar-refractivity contribution in [1.29, 1.82) is 0 Å². The summed E-state index contributed by atoms with van der Waals surface area (Å²) >= 11 is 0. The molecule has 1 aliphatic rings. The highest BCUT2D eigenvalue weighted by atomic mass is 32.2. The average molecular weight is 278 g/mol. The number of piperidine rings is 1. The SMILES string of the molecule is CS(=O)(=O)NCC1CCCN(C(=O)CC(=O)O)C1. The van der Waals surface area contributed by atoms with Crippen molar-refractivity contribution in [3.63, 3.8) is 0 Å². The van der Waals surface area contributed by atoms with Gasteiger partial charge in [-0.1, -0.05) is 0 Å². The zero-order valence-electron chi connectivity index (χ0n) is 10.3. The summed E-state index contributed by atoms with van der Waals surface area (Å²) in [5, 5.41) is 8.55. The summed E-state index contributed by atoms with van der Waals surface area (Å²) < 4.78 is 24.3. The molecule has 2 N–H and O–H groups in total. The van der Waals surface area contributed by atoms with Gasteiger partial charge in [0.25, 0.3) is 0 Å². The molecule has 0 radical (unpaired) electrons. The number of amides is 1. The van der Waals surface area contributed by atoms with E-state index in [-0.39, 0.29) is 12.5 Å². The van der Waals surface area contributed by atoms with Crippen LogP contribution in [0.2, 0.25) is 0 Å². The maximum Gasteiger partial charge on any atom is 0.312 e. The number of sulfonamides is 1. The van der Waals surface area contributed by atoms with Gasteiger partial charge in [0.15, 0.2) is 0 Å². The van der Waals surface area contributed by atoms with E-state index in [1.807, 2.05) is 0 Å². The van der Waals surface area contributed by atoms with Crippen molar-refractivity contribution >= 4 is 21.9 Å². The number of carboxylic acids is 1. The number of rotatable bonds is 5. The van der Waals surface area contributed by atoms with Gasteiger partial charge in [0, 0.05) is 19.6 Å². The number of hydrogen-bond donors (Lipinski definition) is 2. The Balaban J connectivity index is 2.45. The van der Waals surface area contributed by atoms with E-state index in [0.29, 0.717) is 13.1 Å². The molecule has 0 saturated carbocycles. The highest BCUT2D eigenvalue weighted by Gasteiger charge is 2.25. The molecule has 0 bridgehead atoms. The minimum absolute atomic E-state index is 0.0474. The number of hydrogen-bond acceptors (Lipinski definition) is 4. The molecule has 1 atom stereocenters. The normalized spacial score (nSPS) is 20.7. The van der Waals surface area contributed by atoms with Crippen LogP contribution in [0.4, 0.5) is 0 Å². The van der Waals surface area contributed by atoms with Crippen LogP contribution in [-0.2, 0) is 19.6 Å². The molecule has 1 amide bonds. The van der Waals surface area contributed by atoms with Crippen molar-refractivity contribution in [1.82, 2.24) is 9.62 Å². The van der Waals surface area contributed by atoms with Crippen LogP contribution in [0.1, 0.15) is 19.3 Å². The lowest BCUT2D eigenvalue weighted by molar-refractivity contribution is -0.145. The molecule has 0 aromatic carbocycles. The van der Waals surface area contributed by atoms with E-state index in [9.17, 15) is 18.0 Å². The molecule has 7 nitrogen and oxygen atoms in total. The van der Waals surface area contributed by atoms with Crippen molar-refractivity contribution in [3.05, 3.63) is 0 Å². The molecular weight excluding hydrogens is 260 g/mol. The summed E-state index contributed by atoms with van der Waals surface area (Å²) in [6, 6.07) is 0. The Labute approximate surface area is 106 Å². The average Bonchev–Trinajstić information content (AvgIpc) is 2.25. The number of nitrogens with one attached hydrogen (secondary N) is 1. The number of likely N-dealkylation sites (tertiary alicyclic amines) is 1. The predicted molar refractivity (Wildman–Crippen MR) is 64.4 cm³/mol. The molecule has 1 aliphatic heterocycles. The standard InChI is InChI=1S/C10H18N2O5S/c1-18(16,17)11-6-8-3-2-4-12(7-8)9(13)5-10(14)15/h8,11H,2-7H2,1H3,(H,14,15). The first-order chi connectivity index (χ1) is 8.28. The van der Waals surface area contributed by atoms with Crippen molar-refractivity contribution in [2.24, 2.45) is 5.92 Å². The Bertz CT molecular complexity index is 420. The largest absolute Gasteiger partial charge is 0.481 e. The molecule has 0 aromatic heterocycles. The van der Waals surface area contributed by atoms with Crippen LogP contribution in [0, 0.1) is 5.92 Å². The van der Waals surface area contributed by atoms with Gasteiger partial charge in [-0.15, -0.1) is 0 Å². The van der Waals surface area contributed by atoms with E-state index in [1.54, 1.807) is 0 Å². The lowest BCUT2D eigenvalue weighted by Crippen LogP contribution is -2.44. The van der Waals surface area contributed by atoms with E-state index < -0.39 is 28.3 Å². The van der Waals surface area contributed by atoms with Gasteiger partial charge in [0.1, 0.15) is 6.42 Å². The highest BCUT2D eigenvalue weighted by Crippen LogP contribution is 2.16. The van der Waals surface area contributed by atoms with Crippen LogP contribution in [0.3, 0.4) is 0 Å². The molecule has 18 heavy (non-hydrogen) atoms. The van der Waals surface area contributed by atoms with Gasteiger partial charge < -0.3 is 10.0 Å². The second-order valence-corrected chi connectivity index (χ2v) is 6.37. The van der Waals surface area contributed by atoms with Crippen LogP contribution >= 0.6 is 0 Å². The lowest BCUT2D eigenvalue weighted by Gasteiger charge is -2.32. The van der Waals surface area contributed by atoms with Gasteiger partial charge in [-0.3, -0.25) is 9.59 Å². The monoisotopic (exact) mass is 278 g/mol. The third-order valence-electron chi connectivity index (χ3n) is 2.81. The van der Waals surface area contributed by atoms with Crippen molar-refractivity contribution < 1.29 is 23.1 Å². The number of carboxylic acid groups (broad SMARTS) is 1. The quantitative estimate of drug-likeness (QED) is 0.644. The molecule has 104 valence electrons. The van der Waals surface area contributed by atoms with E-state index >= 15 is 0 Å². The predicted octanol–water partition coefficient (Wildman–Crippen LogP) is -0.751. The minimum Gasteiger partial charge on any atom is -0.481 e. The third-order valence-corrected chi connectivity index (χ3v) is 3.50. The lowest BCUT2D eigenvalue weighted by atomic mass is 9.98. The molecule has 1 rings (SSSR count). The summed E-state index contributed by atoms with van der Waals surface area (Å²) in [7, 11) is -3.23. The van der Waals surface area contributed by atoms with E-state index in [4.69, 9.17) is 5.11 Å². The zero-order chi connectivity index (χ0) is 13.8. The Morgan fingerprint density at radius 3 is 2.67 bits per heavy atom. The van der Waals surface area contributed by atoms with Crippen LogP contribution in [0.15, 0.2) is 0 Å². The summed E-state index contributed by atoms with van der Waals surface area (Å²) in [5.74, 6) is -1.51. The van der Waals surface area contributed by atoms with E-state index in [1.165, 1.54) is 4.90 Å². The molecule has 8 heteroatoms. The third kappa shape index (κ3) is 5.46. The van der Waals surface area contributed by atoms with Gasteiger partial charge in [-0.25, -0.2) is 13.1 Å². The van der Waals surface area contributed by atoms with Crippen molar-refractivity contribution in [2.45, 2.75) is 19.3 Å².